The lowest BCUT2D eigenvalue weighted by Crippen LogP contribution is -2.44. The Bertz CT molecular complexity index is 167. The fourth-order valence-corrected chi connectivity index (χ4v) is 3.47. The molecule has 0 aliphatic heterocycles. The van der Waals surface area contributed by atoms with Crippen LogP contribution >= 0.6 is 0 Å². The van der Waals surface area contributed by atoms with Gasteiger partial charge in [0, 0.05) is 22.5 Å². The average molecular weight is 233 g/mol. The van der Waals surface area contributed by atoms with Crippen LogP contribution in [0.15, 0.2) is 0 Å². The molecule has 15 heavy (non-hydrogen) atoms. The molecule has 0 heterocycles. The largest absolute Gasteiger partial charge is 0.397 e. The topological polar surface area (TPSA) is 92.5 Å². The van der Waals surface area contributed by atoms with Crippen molar-refractivity contribution in [3.05, 3.63) is 0 Å². The van der Waals surface area contributed by atoms with Crippen molar-refractivity contribution in [1.29, 1.82) is 0 Å². The van der Waals surface area contributed by atoms with Gasteiger partial charge in [0.15, 0.2) is 0 Å². The van der Waals surface area contributed by atoms with Crippen LogP contribution < -0.4 is 11.5 Å². The second-order valence-corrected chi connectivity index (χ2v) is 7.64. The smallest absolute Gasteiger partial charge is 0.102 e. The van der Waals surface area contributed by atoms with Gasteiger partial charge in [-0.15, -0.1) is 0 Å². The van der Waals surface area contributed by atoms with Crippen LogP contribution in [0, 0.1) is 0 Å². The summed E-state index contributed by atoms with van der Waals surface area (Å²) in [5, 5.41) is 19.4. The highest BCUT2D eigenvalue weighted by Gasteiger charge is 2.23. The van der Waals surface area contributed by atoms with Gasteiger partial charge >= 0.3 is 0 Å². The first-order valence-electron chi connectivity index (χ1n) is 5.28. The molecular weight excluding hydrogens is 208 g/mol. The van der Waals surface area contributed by atoms with Gasteiger partial charge in [-0.25, -0.2) is 0 Å². The lowest BCUT2D eigenvalue weighted by molar-refractivity contribution is 0.175. The predicted octanol–water partition coefficient (Wildman–Crippen LogP) is -0.685. The van der Waals surface area contributed by atoms with E-state index >= 15 is 0 Å². The Kier molecular flexibility index (Phi) is 5.43. The number of aliphatic hydroxyl groups is 2. The fraction of sp³-hybridized carbons (Fsp3) is 1.00. The Morgan fingerprint density at radius 1 is 0.933 bits per heavy atom. The summed E-state index contributed by atoms with van der Waals surface area (Å²) in [7, 11) is -0.435. The molecule has 5 heteroatoms. The third kappa shape index (κ3) is 10.3. The minimum atomic E-state index is -0.484. The van der Waals surface area contributed by atoms with Crippen molar-refractivity contribution in [2.75, 3.05) is 0 Å². The number of hydrogen-bond donors (Lipinski definition) is 4. The zero-order valence-electron chi connectivity index (χ0n) is 10.2. The molecule has 0 fully saturated rings. The number of aliphatic hydroxyl groups excluding tert-OH is 2. The van der Waals surface area contributed by atoms with Gasteiger partial charge in [-0.2, -0.15) is 0 Å². The molecule has 2 atom stereocenters. The molecule has 4 nitrogen and oxygen atoms in total. The molecule has 6 N–H and O–H groups in total. The molecule has 0 bridgehead atoms. The van der Waals surface area contributed by atoms with E-state index in [0.29, 0.717) is 12.8 Å². The van der Waals surface area contributed by atoms with Crippen LogP contribution in [0.25, 0.3) is 0 Å². The molecule has 0 amide bonds. The third-order valence-corrected chi connectivity index (χ3v) is 3.27. The molecular formula is C10H25N2O2Si. The van der Waals surface area contributed by atoms with Crippen molar-refractivity contribution in [2.24, 2.45) is 11.5 Å². The van der Waals surface area contributed by atoms with E-state index in [9.17, 15) is 10.2 Å². The molecule has 0 aliphatic rings. The maximum absolute atomic E-state index is 9.71. The summed E-state index contributed by atoms with van der Waals surface area (Å²) < 4.78 is 0. The summed E-state index contributed by atoms with van der Waals surface area (Å²) in [5.41, 5.74) is 9.84. The molecule has 0 aromatic rings. The normalized spacial score (nSPS) is 17.6. The van der Waals surface area contributed by atoms with E-state index in [4.69, 9.17) is 11.5 Å². The highest BCUT2D eigenvalue weighted by atomic mass is 28.2. The lowest BCUT2D eigenvalue weighted by Gasteiger charge is -2.26. The second-order valence-electron chi connectivity index (χ2n) is 5.71. The van der Waals surface area contributed by atoms with Crippen molar-refractivity contribution >= 4 is 9.52 Å². The van der Waals surface area contributed by atoms with Crippen LogP contribution in [0.1, 0.15) is 40.5 Å². The Balaban J connectivity index is 3.92. The van der Waals surface area contributed by atoms with Gasteiger partial charge in [-0.3, -0.25) is 0 Å². The number of hydrogen-bond acceptors (Lipinski definition) is 4. The van der Waals surface area contributed by atoms with E-state index in [1.54, 1.807) is 0 Å². The minimum Gasteiger partial charge on any atom is -0.397 e. The van der Waals surface area contributed by atoms with Gasteiger partial charge < -0.3 is 21.7 Å². The summed E-state index contributed by atoms with van der Waals surface area (Å²) >= 11 is 0. The average Bonchev–Trinajstić information content (AvgIpc) is 1.73. The molecule has 0 aliphatic carbocycles. The molecule has 0 rings (SSSR count). The van der Waals surface area contributed by atoms with Crippen LogP contribution in [-0.4, -0.2) is 42.3 Å². The fourth-order valence-electron chi connectivity index (χ4n) is 1.47. The van der Waals surface area contributed by atoms with Crippen LogP contribution in [0.2, 0.25) is 0 Å². The SMILES string of the molecule is CC(C)(N)CC(O)[SiH]C(O)CC(C)(C)N. The van der Waals surface area contributed by atoms with Gasteiger partial charge in [0.25, 0.3) is 0 Å². The van der Waals surface area contributed by atoms with Crippen LogP contribution in [0.5, 0.6) is 0 Å². The zero-order valence-corrected chi connectivity index (χ0v) is 11.4. The Morgan fingerprint density at radius 2 is 1.20 bits per heavy atom. The summed E-state index contributed by atoms with van der Waals surface area (Å²) in [6.07, 6.45) is 1.04. The number of nitrogens with two attached hydrogens (primary N) is 2. The van der Waals surface area contributed by atoms with Crippen molar-refractivity contribution < 1.29 is 10.2 Å². The standard InChI is InChI=1S/C10H25N2O2Si/c1-9(2,11)5-7(13)15-8(14)6-10(3,4)12/h7-8,13-15H,5-6,11-12H2,1-4H3. The first kappa shape index (κ1) is 15.1. The van der Waals surface area contributed by atoms with Crippen molar-refractivity contribution in [3.8, 4) is 0 Å². The highest BCUT2D eigenvalue weighted by Crippen LogP contribution is 2.11. The highest BCUT2D eigenvalue weighted by molar-refractivity contribution is 6.38. The van der Waals surface area contributed by atoms with Gasteiger partial charge in [-0.05, 0) is 40.5 Å². The van der Waals surface area contributed by atoms with E-state index in [1.165, 1.54) is 0 Å². The molecule has 0 saturated carbocycles. The van der Waals surface area contributed by atoms with Gasteiger partial charge in [-0.1, -0.05) is 0 Å². The monoisotopic (exact) mass is 233 g/mol. The van der Waals surface area contributed by atoms with E-state index in [2.05, 4.69) is 0 Å². The van der Waals surface area contributed by atoms with E-state index in [-0.39, 0.29) is 11.1 Å². The summed E-state index contributed by atoms with van der Waals surface area (Å²) in [6, 6.07) is 0. The van der Waals surface area contributed by atoms with E-state index < -0.39 is 21.0 Å². The molecule has 0 aromatic heterocycles. The molecule has 2 unspecified atom stereocenters. The van der Waals surface area contributed by atoms with Crippen LogP contribution in [0.4, 0.5) is 0 Å². The van der Waals surface area contributed by atoms with Crippen LogP contribution in [0.3, 0.4) is 0 Å². The molecule has 0 saturated heterocycles. The first-order valence-corrected chi connectivity index (χ1v) is 6.62. The van der Waals surface area contributed by atoms with E-state index in [1.807, 2.05) is 27.7 Å². The van der Waals surface area contributed by atoms with Gasteiger partial charge in [0.1, 0.15) is 9.52 Å². The Hall–Kier alpha value is 0.0569. The zero-order chi connectivity index (χ0) is 12.3. The summed E-state index contributed by atoms with van der Waals surface area (Å²) in [6.45, 7) is 7.48. The Morgan fingerprint density at radius 3 is 1.40 bits per heavy atom. The van der Waals surface area contributed by atoms with Crippen molar-refractivity contribution in [3.63, 3.8) is 0 Å². The third-order valence-electron chi connectivity index (χ3n) is 1.91. The quantitative estimate of drug-likeness (QED) is 0.457. The number of rotatable bonds is 6. The van der Waals surface area contributed by atoms with Crippen LogP contribution in [-0.2, 0) is 0 Å². The molecule has 91 valence electrons. The Labute approximate surface area is 94.9 Å². The molecule has 1 radical (unpaired) electrons. The minimum absolute atomic E-state index is 0.385. The summed E-state index contributed by atoms with van der Waals surface area (Å²) in [5.74, 6) is 0. The molecule has 0 aromatic carbocycles. The van der Waals surface area contributed by atoms with Gasteiger partial charge in [0.05, 0.1) is 0 Å². The predicted molar refractivity (Wildman–Crippen MR) is 64.9 cm³/mol. The van der Waals surface area contributed by atoms with Gasteiger partial charge in [0.2, 0.25) is 0 Å². The molecule has 0 spiro atoms. The second kappa shape index (κ2) is 5.40. The maximum atomic E-state index is 9.71. The lowest BCUT2D eigenvalue weighted by atomic mass is 10.0. The van der Waals surface area contributed by atoms with Crippen molar-refractivity contribution in [1.82, 2.24) is 0 Å². The van der Waals surface area contributed by atoms with Crippen molar-refractivity contribution in [2.45, 2.75) is 63.1 Å². The maximum Gasteiger partial charge on any atom is 0.102 e. The first-order chi connectivity index (χ1) is 6.49. The van der Waals surface area contributed by atoms with E-state index in [0.717, 1.165) is 0 Å². The summed E-state index contributed by atoms with van der Waals surface area (Å²) in [4.78, 5) is 0.